The monoisotopic (exact) mass is 502 g/mol. The quantitative estimate of drug-likeness (QED) is 0.223. The molecule has 35 heavy (non-hydrogen) atoms. The maximum Gasteiger partial charge on any atom is 0.231 e. The Morgan fingerprint density at radius 3 is 2.20 bits per heavy atom. The van der Waals surface area contributed by atoms with Crippen LogP contribution in [0.2, 0.25) is 0 Å². The number of fused-ring (bicyclic) bond motifs is 1. The number of nitrogens with zero attached hydrogens (tertiary/aromatic N) is 4. The van der Waals surface area contributed by atoms with Crippen LogP contribution in [-0.4, -0.2) is 81.1 Å². The summed E-state index contributed by atoms with van der Waals surface area (Å²) in [6, 6.07) is 12.2. The first-order valence-corrected chi connectivity index (χ1v) is 12.5. The fourth-order valence-electron chi connectivity index (χ4n) is 3.38. The highest BCUT2D eigenvalue weighted by Crippen LogP contribution is 2.31. The van der Waals surface area contributed by atoms with Crippen LogP contribution in [0, 0.1) is 13.8 Å². The van der Waals surface area contributed by atoms with Crippen LogP contribution in [0.1, 0.15) is 11.1 Å². The van der Waals surface area contributed by atoms with Crippen molar-refractivity contribution in [3.8, 4) is 0 Å². The number of azo groups is 1. The molecule has 1 heterocycles. The van der Waals surface area contributed by atoms with E-state index < -0.39 is 0 Å². The molecule has 0 amide bonds. The van der Waals surface area contributed by atoms with Gasteiger partial charge in [-0.15, -0.1) is 10.2 Å². The molecule has 10 heteroatoms. The minimum Gasteiger partial charge on any atom is -0.394 e. The molecule has 0 radical (unpaired) electrons. The van der Waals surface area contributed by atoms with E-state index in [0.717, 1.165) is 27.2 Å². The van der Waals surface area contributed by atoms with E-state index in [1.165, 1.54) is 16.9 Å². The second kappa shape index (κ2) is 14.8. The lowest BCUT2D eigenvalue weighted by Gasteiger charge is -2.25. The summed E-state index contributed by atoms with van der Waals surface area (Å²) in [5, 5.41) is 27.1. The van der Waals surface area contributed by atoms with E-state index in [1.807, 2.05) is 31.2 Å². The molecule has 0 saturated carbocycles. The van der Waals surface area contributed by atoms with Gasteiger partial charge in [0.1, 0.15) is 0 Å². The number of thiazole rings is 1. The lowest BCUT2D eigenvalue weighted by atomic mass is 10.1. The lowest BCUT2D eigenvalue weighted by Crippen LogP contribution is -2.31. The molecule has 0 aliphatic rings. The Hall–Kier alpha value is -2.47. The molecule has 0 bridgehead atoms. The van der Waals surface area contributed by atoms with E-state index in [1.54, 1.807) is 0 Å². The Kier molecular flexibility index (Phi) is 11.5. The molecular formula is C25H34N4O5S. The first-order valence-electron chi connectivity index (χ1n) is 11.7. The summed E-state index contributed by atoms with van der Waals surface area (Å²) in [5.74, 6) is 0. The second-order valence-electron chi connectivity index (χ2n) is 7.91. The minimum atomic E-state index is 0.00399. The Labute approximate surface area is 210 Å². The van der Waals surface area contributed by atoms with Gasteiger partial charge in [0, 0.05) is 18.8 Å². The molecule has 3 rings (SSSR count). The van der Waals surface area contributed by atoms with Crippen LogP contribution in [0.25, 0.3) is 10.2 Å². The molecule has 2 aromatic carbocycles. The number of hydrogen-bond donors (Lipinski definition) is 2. The standard InChI is InChI=1S/C25H34N4O5S/c1-19-3-5-23-24(17-19)35-25(26-23)28-27-22-6-4-21(18-20(22)2)29(7-11-32-13-9-30)8-12-33-15-16-34-14-10-31/h3-6,17-18,30-31H,7-16H2,1-2H3/b28-27+. The molecule has 3 aromatic rings. The van der Waals surface area contributed by atoms with Gasteiger partial charge >= 0.3 is 0 Å². The third-order valence-electron chi connectivity index (χ3n) is 5.18. The summed E-state index contributed by atoms with van der Waals surface area (Å²) in [6.45, 7) is 8.01. The SMILES string of the molecule is Cc1ccc2nc(/N=N/c3ccc(N(CCOCCO)CCOCCOCCO)cc3C)sc2c1. The van der Waals surface area contributed by atoms with Crippen molar-refractivity contribution in [3.05, 3.63) is 47.5 Å². The molecule has 0 unspecified atom stereocenters. The normalized spacial score (nSPS) is 11.7. The third kappa shape index (κ3) is 8.92. The summed E-state index contributed by atoms with van der Waals surface area (Å²) in [7, 11) is 0. The number of ether oxygens (including phenoxy) is 3. The summed E-state index contributed by atoms with van der Waals surface area (Å²) < 4.78 is 17.5. The van der Waals surface area contributed by atoms with Crippen LogP contribution in [0.3, 0.4) is 0 Å². The highest BCUT2D eigenvalue weighted by atomic mass is 32.1. The van der Waals surface area contributed by atoms with Gasteiger partial charge in [0.15, 0.2) is 0 Å². The predicted molar refractivity (Wildman–Crippen MR) is 139 cm³/mol. The highest BCUT2D eigenvalue weighted by Gasteiger charge is 2.10. The van der Waals surface area contributed by atoms with E-state index >= 15 is 0 Å². The fraction of sp³-hybridized carbons (Fsp3) is 0.480. The predicted octanol–water partition coefficient (Wildman–Crippen LogP) is 4.17. The van der Waals surface area contributed by atoms with Crippen molar-refractivity contribution in [1.82, 2.24) is 4.98 Å². The molecule has 0 saturated heterocycles. The van der Waals surface area contributed by atoms with Crippen LogP contribution in [-0.2, 0) is 14.2 Å². The number of rotatable bonds is 16. The van der Waals surface area contributed by atoms with Crippen LogP contribution < -0.4 is 4.90 Å². The number of aromatic nitrogens is 1. The van der Waals surface area contributed by atoms with Gasteiger partial charge in [0.25, 0.3) is 0 Å². The first-order chi connectivity index (χ1) is 17.1. The Balaban J connectivity index is 1.62. The number of hydrogen-bond acceptors (Lipinski definition) is 10. The van der Waals surface area contributed by atoms with Gasteiger partial charge in [-0.3, -0.25) is 0 Å². The number of aliphatic hydroxyl groups is 2. The van der Waals surface area contributed by atoms with Crippen LogP contribution in [0.5, 0.6) is 0 Å². The zero-order chi connectivity index (χ0) is 24.9. The second-order valence-corrected chi connectivity index (χ2v) is 8.92. The van der Waals surface area contributed by atoms with Gasteiger partial charge in [0.2, 0.25) is 5.13 Å². The summed E-state index contributed by atoms with van der Waals surface area (Å²) in [4.78, 5) is 6.72. The summed E-state index contributed by atoms with van der Waals surface area (Å²) >= 11 is 1.53. The van der Waals surface area contributed by atoms with Crippen LogP contribution >= 0.6 is 11.3 Å². The van der Waals surface area contributed by atoms with Gasteiger partial charge in [-0.05, 0) is 55.3 Å². The number of benzene rings is 2. The fourth-order valence-corrected chi connectivity index (χ4v) is 4.27. The first kappa shape index (κ1) is 27.1. The largest absolute Gasteiger partial charge is 0.394 e. The summed E-state index contributed by atoms with van der Waals surface area (Å²) in [6.07, 6.45) is 0. The lowest BCUT2D eigenvalue weighted by molar-refractivity contribution is 0.0347. The van der Waals surface area contributed by atoms with Crippen molar-refractivity contribution in [2.75, 3.05) is 70.8 Å². The van der Waals surface area contributed by atoms with Crippen molar-refractivity contribution in [2.24, 2.45) is 10.2 Å². The number of anilines is 1. The van der Waals surface area contributed by atoms with Crippen molar-refractivity contribution < 1.29 is 24.4 Å². The van der Waals surface area contributed by atoms with Gasteiger partial charge in [-0.1, -0.05) is 17.4 Å². The topological polar surface area (TPSA) is 109 Å². The van der Waals surface area contributed by atoms with Crippen molar-refractivity contribution in [1.29, 1.82) is 0 Å². The summed E-state index contributed by atoms with van der Waals surface area (Å²) in [5.41, 5.74) is 4.95. The maximum absolute atomic E-state index is 8.95. The van der Waals surface area contributed by atoms with Gasteiger partial charge in [-0.2, -0.15) is 0 Å². The van der Waals surface area contributed by atoms with Crippen LogP contribution in [0.4, 0.5) is 16.5 Å². The molecule has 9 nitrogen and oxygen atoms in total. The minimum absolute atomic E-state index is 0.00399. The Morgan fingerprint density at radius 2 is 1.51 bits per heavy atom. The van der Waals surface area contributed by atoms with Crippen molar-refractivity contribution >= 4 is 38.1 Å². The van der Waals surface area contributed by atoms with Crippen LogP contribution in [0.15, 0.2) is 46.6 Å². The highest BCUT2D eigenvalue weighted by molar-refractivity contribution is 7.21. The molecular weight excluding hydrogens is 468 g/mol. The van der Waals surface area contributed by atoms with E-state index in [4.69, 9.17) is 24.4 Å². The molecule has 1 aromatic heterocycles. The van der Waals surface area contributed by atoms with E-state index in [0.29, 0.717) is 57.9 Å². The molecule has 0 aliphatic carbocycles. The van der Waals surface area contributed by atoms with Crippen molar-refractivity contribution in [3.63, 3.8) is 0 Å². The van der Waals surface area contributed by atoms with Gasteiger partial charge < -0.3 is 29.3 Å². The molecule has 0 spiro atoms. The van der Waals surface area contributed by atoms with Gasteiger partial charge in [-0.25, -0.2) is 4.98 Å². The molecule has 0 fully saturated rings. The average molecular weight is 503 g/mol. The smallest absolute Gasteiger partial charge is 0.231 e. The molecule has 0 atom stereocenters. The third-order valence-corrected chi connectivity index (χ3v) is 6.08. The zero-order valence-electron chi connectivity index (χ0n) is 20.4. The molecule has 190 valence electrons. The van der Waals surface area contributed by atoms with Crippen molar-refractivity contribution in [2.45, 2.75) is 13.8 Å². The average Bonchev–Trinajstić information content (AvgIpc) is 3.26. The zero-order valence-corrected chi connectivity index (χ0v) is 21.2. The number of aryl methyl sites for hydroxylation is 2. The van der Waals surface area contributed by atoms with Gasteiger partial charge in [0.05, 0.1) is 68.8 Å². The Morgan fingerprint density at radius 1 is 0.829 bits per heavy atom. The van der Waals surface area contributed by atoms with E-state index in [2.05, 4.69) is 39.2 Å². The maximum atomic E-state index is 8.95. The Bertz CT molecular complexity index is 1080. The number of aliphatic hydroxyl groups excluding tert-OH is 2. The molecule has 0 aliphatic heterocycles. The molecule has 2 N–H and O–H groups in total. The van der Waals surface area contributed by atoms with E-state index in [-0.39, 0.29) is 13.2 Å². The van der Waals surface area contributed by atoms with E-state index in [9.17, 15) is 0 Å².